The molecule has 0 bridgehead atoms. The summed E-state index contributed by atoms with van der Waals surface area (Å²) in [5.41, 5.74) is 2.55. The molecule has 0 aromatic heterocycles. The van der Waals surface area contributed by atoms with Crippen LogP contribution < -0.4 is 5.32 Å². The number of carbonyl (C=O) groups is 1. The van der Waals surface area contributed by atoms with Gasteiger partial charge < -0.3 is 4.90 Å². The second-order valence-electron chi connectivity index (χ2n) is 4.91. The molecule has 3 nitrogen and oxygen atoms in total. The van der Waals surface area contributed by atoms with Gasteiger partial charge in [0.15, 0.2) is 0 Å². The van der Waals surface area contributed by atoms with E-state index in [1.807, 2.05) is 4.90 Å². The minimum Gasteiger partial charge on any atom is -0.319 e. The lowest BCUT2D eigenvalue weighted by atomic mass is 10.1. The fourth-order valence-corrected chi connectivity index (χ4v) is 2.50. The maximum Gasteiger partial charge on any atom is 0.238 e. The molecule has 1 saturated heterocycles. The van der Waals surface area contributed by atoms with Gasteiger partial charge >= 0.3 is 0 Å². The quantitative estimate of drug-likeness (QED) is 0.859. The fraction of sp³-hybridized carbons (Fsp3) is 0.500. The molecule has 0 radical (unpaired) electrons. The number of nitrogens with zero attached hydrogens (tertiary/aromatic N) is 1. The predicted octanol–water partition coefficient (Wildman–Crippen LogP) is 1.84. The Morgan fingerprint density at radius 2 is 2.00 bits per heavy atom. The summed E-state index contributed by atoms with van der Waals surface area (Å²) in [5.74, 6) is 0.247. The van der Waals surface area contributed by atoms with E-state index in [-0.39, 0.29) is 12.1 Å². The lowest BCUT2D eigenvalue weighted by Crippen LogP contribution is -2.32. The van der Waals surface area contributed by atoms with Gasteiger partial charge in [-0.2, -0.15) is 0 Å². The fourth-order valence-electron chi connectivity index (χ4n) is 2.50. The molecular weight excluding hydrogens is 212 g/mol. The third kappa shape index (κ3) is 1.95. The van der Waals surface area contributed by atoms with Crippen LogP contribution in [0.4, 0.5) is 0 Å². The minimum atomic E-state index is 0.0981. The zero-order valence-electron chi connectivity index (χ0n) is 10.1. The Kier molecular flexibility index (Phi) is 2.63. The van der Waals surface area contributed by atoms with Crippen LogP contribution in [0.25, 0.3) is 0 Å². The number of carbonyl (C=O) groups excluding carboxylic acids is 1. The zero-order chi connectivity index (χ0) is 11.8. The standard InChI is InChI=1S/C14H18N2O/c1-2-10-3-5-11(6-4-10)14-15-9-13(17)16(14)12-7-8-12/h3-6,12,14-15H,2,7-9H2,1H3. The summed E-state index contributed by atoms with van der Waals surface area (Å²) in [4.78, 5) is 13.9. The molecule has 1 aliphatic heterocycles. The molecule has 1 heterocycles. The van der Waals surface area contributed by atoms with Crippen molar-refractivity contribution in [3.05, 3.63) is 35.4 Å². The van der Waals surface area contributed by atoms with Gasteiger partial charge in [0.1, 0.15) is 6.17 Å². The van der Waals surface area contributed by atoms with E-state index < -0.39 is 0 Å². The van der Waals surface area contributed by atoms with Crippen molar-refractivity contribution >= 4 is 5.91 Å². The van der Waals surface area contributed by atoms with E-state index in [0.717, 1.165) is 19.3 Å². The highest BCUT2D eigenvalue weighted by atomic mass is 16.2. The summed E-state index contributed by atoms with van der Waals surface area (Å²) in [5, 5.41) is 3.31. The number of nitrogens with one attached hydrogen (secondary N) is 1. The molecule has 1 atom stereocenters. The van der Waals surface area contributed by atoms with Crippen LogP contribution in [0.5, 0.6) is 0 Å². The largest absolute Gasteiger partial charge is 0.319 e. The summed E-state index contributed by atoms with van der Waals surface area (Å²) in [6.45, 7) is 2.64. The third-order valence-electron chi connectivity index (χ3n) is 3.66. The molecule has 0 spiro atoms. The zero-order valence-corrected chi connectivity index (χ0v) is 10.1. The van der Waals surface area contributed by atoms with Crippen LogP contribution >= 0.6 is 0 Å². The average Bonchev–Trinajstić information content (AvgIpc) is 3.13. The van der Waals surface area contributed by atoms with Gasteiger partial charge in [-0.3, -0.25) is 10.1 Å². The lowest BCUT2D eigenvalue weighted by molar-refractivity contribution is -0.128. The third-order valence-corrected chi connectivity index (χ3v) is 3.66. The van der Waals surface area contributed by atoms with Crippen molar-refractivity contribution in [1.29, 1.82) is 0 Å². The Labute approximate surface area is 102 Å². The molecule has 1 unspecified atom stereocenters. The van der Waals surface area contributed by atoms with Crippen molar-refractivity contribution in [2.45, 2.75) is 38.4 Å². The van der Waals surface area contributed by atoms with E-state index in [0.29, 0.717) is 12.6 Å². The van der Waals surface area contributed by atoms with Crippen molar-refractivity contribution in [1.82, 2.24) is 10.2 Å². The summed E-state index contributed by atoms with van der Waals surface area (Å²) in [6, 6.07) is 9.08. The van der Waals surface area contributed by atoms with Crippen molar-refractivity contribution < 1.29 is 4.79 Å². The Balaban J connectivity index is 1.84. The van der Waals surface area contributed by atoms with Gasteiger partial charge in [0.2, 0.25) is 5.91 Å². The maximum absolute atomic E-state index is 11.8. The summed E-state index contributed by atoms with van der Waals surface area (Å²) in [6.07, 6.45) is 3.48. The first-order valence-electron chi connectivity index (χ1n) is 6.43. The van der Waals surface area contributed by atoms with Gasteiger partial charge in [-0.1, -0.05) is 31.2 Å². The van der Waals surface area contributed by atoms with Crippen molar-refractivity contribution in [3.8, 4) is 0 Å². The Morgan fingerprint density at radius 3 is 2.59 bits per heavy atom. The summed E-state index contributed by atoms with van der Waals surface area (Å²) >= 11 is 0. The molecule has 3 rings (SSSR count). The topological polar surface area (TPSA) is 32.3 Å². The van der Waals surface area contributed by atoms with E-state index in [4.69, 9.17) is 0 Å². The number of hydrogen-bond donors (Lipinski definition) is 1. The molecule has 1 amide bonds. The molecule has 3 heteroatoms. The van der Waals surface area contributed by atoms with Gasteiger partial charge in [-0.25, -0.2) is 0 Å². The number of benzene rings is 1. The van der Waals surface area contributed by atoms with Gasteiger partial charge in [-0.05, 0) is 30.4 Å². The number of hydrogen-bond acceptors (Lipinski definition) is 2. The van der Waals surface area contributed by atoms with Crippen LogP contribution in [-0.2, 0) is 11.2 Å². The monoisotopic (exact) mass is 230 g/mol. The Bertz CT molecular complexity index is 422. The molecule has 1 N–H and O–H groups in total. The van der Waals surface area contributed by atoms with E-state index in [9.17, 15) is 4.79 Å². The smallest absolute Gasteiger partial charge is 0.238 e. The minimum absolute atomic E-state index is 0.0981. The number of rotatable bonds is 3. The average molecular weight is 230 g/mol. The second-order valence-corrected chi connectivity index (χ2v) is 4.91. The molecule has 1 aromatic carbocycles. The molecule has 90 valence electrons. The first-order valence-corrected chi connectivity index (χ1v) is 6.43. The summed E-state index contributed by atoms with van der Waals surface area (Å²) in [7, 11) is 0. The molecule has 1 aromatic rings. The van der Waals surface area contributed by atoms with Crippen LogP contribution in [0.2, 0.25) is 0 Å². The highest BCUT2D eigenvalue weighted by Crippen LogP contribution is 2.35. The number of amides is 1. The van der Waals surface area contributed by atoms with E-state index in [1.165, 1.54) is 11.1 Å². The van der Waals surface area contributed by atoms with Crippen LogP contribution in [0, 0.1) is 0 Å². The van der Waals surface area contributed by atoms with Crippen LogP contribution in [0.1, 0.15) is 37.1 Å². The van der Waals surface area contributed by atoms with Crippen molar-refractivity contribution in [2.75, 3.05) is 6.54 Å². The molecule has 1 aliphatic carbocycles. The summed E-state index contributed by atoms with van der Waals surface area (Å²) < 4.78 is 0. The highest BCUT2D eigenvalue weighted by molar-refractivity contribution is 5.81. The van der Waals surface area contributed by atoms with Crippen LogP contribution in [-0.4, -0.2) is 23.4 Å². The molecule has 2 fully saturated rings. The van der Waals surface area contributed by atoms with Crippen molar-refractivity contribution in [3.63, 3.8) is 0 Å². The molecule has 1 saturated carbocycles. The SMILES string of the molecule is CCc1ccc(C2NCC(=O)N2C2CC2)cc1. The highest BCUT2D eigenvalue weighted by Gasteiger charge is 2.41. The predicted molar refractivity (Wildman–Crippen MR) is 66.4 cm³/mol. The second kappa shape index (κ2) is 4.15. The van der Waals surface area contributed by atoms with Gasteiger partial charge in [-0.15, -0.1) is 0 Å². The first kappa shape index (κ1) is 10.8. The van der Waals surface area contributed by atoms with Crippen LogP contribution in [0.15, 0.2) is 24.3 Å². The van der Waals surface area contributed by atoms with Gasteiger partial charge in [0.05, 0.1) is 6.54 Å². The van der Waals surface area contributed by atoms with Crippen LogP contribution in [0.3, 0.4) is 0 Å². The molecule has 17 heavy (non-hydrogen) atoms. The van der Waals surface area contributed by atoms with Gasteiger partial charge in [0.25, 0.3) is 0 Å². The van der Waals surface area contributed by atoms with E-state index in [1.54, 1.807) is 0 Å². The Hall–Kier alpha value is -1.35. The van der Waals surface area contributed by atoms with E-state index in [2.05, 4.69) is 36.5 Å². The normalized spacial score (nSPS) is 24.4. The lowest BCUT2D eigenvalue weighted by Gasteiger charge is -2.24. The number of aryl methyl sites for hydroxylation is 1. The Morgan fingerprint density at radius 1 is 1.29 bits per heavy atom. The molecule has 2 aliphatic rings. The van der Waals surface area contributed by atoms with Crippen molar-refractivity contribution in [2.24, 2.45) is 0 Å². The molecular formula is C14H18N2O. The van der Waals surface area contributed by atoms with Gasteiger partial charge in [0, 0.05) is 6.04 Å². The first-order chi connectivity index (χ1) is 8.29. The van der Waals surface area contributed by atoms with E-state index >= 15 is 0 Å². The maximum atomic E-state index is 11.8.